The van der Waals surface area contributed by atoms with Crippen molar-refractivity contribution in [1.29, 1.82) is 0 Å². The molecule has 0 spiro atoms. The number of hydrogen-bond donors (Lipinski definition) is 0. The van der Waals surface area contributed by atoms with Crippen molar-refractivity contribution in [3.05, 3.63) is 93.5 Å². The van der Waals surface area contributed by atoms with E-state index in [0.717, 1.165) is 11.1 Å². The van der Waals surface area contributed by atoms with Gasteiger partial charge in [0.1, 0.15) is 28.4 Å². The number of ether oxygens (including phenoxy) is 3. The van der Waals surface area contributed by atoms with Gasteiger partial charge >= 0.3 is 6.03 Å². The van der Waals surface area contributed by atoms with Crippen molar-refractivity contribution < 1.29 is 23.8 Å². The van der Waals surface area contributed by atoms with Gasteiger partial charge in [0, 0.05) is 55.4 Å². The highest BCUT2D eigenvalue weighted by atomic mass is 35.5. The summed E-state index contributed by atoms with van der Waals surface area (Å²) < 4.78 is 17.3. The fourth-order valence-electron chi connectivity index (χ4n) is 7.08. The largest absolute Gasteiger partial charge is 0.497 e. The first kappa shape index (κ1) is 36.0. The summed E-state index contributed by atoms with van der Waals surface area (Å²) in [5.74, 6) is 1.76. The highest BCUT2D eigenvalue weighted by Gasteiger charge is 2.60. The van der Waals surface area contributed by atoms with Crippen molar-refractivity contribution >= 4 is 41.0 Å². The molecule has 0 radical (unpaired) electrons. The molecular formula is C38H45Cl2N5O5. The van der Waals surface area contributed by atoms with E-state index in [1.165, 1.54) is 0 Å². The number of piperazine rings is 1. The van der Waals surface area contributed by atoms with Crippen molar-refractivity contribution in [3.8, 4) is 11.5 Å². The maximum atomic E-state index is 15.2. The molecule has 3 aliphatic heterocycles. The van der Waals surface area contributed by atoms with Crippen molar-refractivity contribution in [1.82, 2.24) is 19.6 Å². The maximum absolute atomic E-state index is 15.2. The molecule has 3 aromatic carbocycles. The average molecular weight is 723 g/mol. The van der Waals surface area contributed by atoms with Crippen molar-refractivity contribution in [2.45, 2.75) is 44.9 Å². The van der Waals surface area contributed by atoms with E-state index >= 15 is 4.79 Å². The Morgan fingerprint density at radius 3 is 2.02 bits per heavy atom. The third-order valence-corrected chi connectivity index (χ3v) is 10.6. The number of carbonyl (C=O) groups is 2. The number of benzene rings is 3. The van der Waals surface area contributed by atoms with Gasteiger partial charge in [-0.15, -0.1) is 0 Å². The smallest absolute Gasteiger partial charge is 0.326 e. The summed E-state index contributed by atoms with van der Waals surface area (Å²) >= 11 is 12.8. The average Bonchev–Trinajstić information content (AvgIpc) is 3.36. The number of halogens is 2. The normalized spacial score (nSPS) is 22.9. The van der Waals surface area contributed by atoms with Crippen LogP contribution >= 0.6 is 23.2 Å². The molecule has 0 aliphatic carbocycles. The first-order valence-electron chi connectivity index (χ1n) is 17.1. The SMILES string of the molecule is COc1ccc(C2=NC(C)(c3ccc(Cl)cc3)C(C)(c3ccc(Cl)cc3)N2C(=O)N2CCN(CC(=O)N3CCOCC3)CC2)c(OC(C)C)c1. The second-order valence-corrected chi connectivity index (χ2v) is 14.4. The molecule has 0 N–H and O–H groups in total. The highest BCUT2D eigenvalue weighted by molar-refractivity contribution is 6.30. The molecule has 6 rings (SSSR count). The minimum absolute atomic E-state index is 0.0910. The molecule has 2 saturated heterocycles. The van der Waals surface area contributed by atoms with Crippen LogP contribution in [0.2, 0.25) is 10.0 Å². The summed E-state index contributed by atoms with van der Waals surface area (Å²) in [6, 6.07) is 20.7. The Kier molecular flexibility index (Phi) is 10.6. The number of aliphatic imine (C=N–C) groups is 1. The quantitative estimate of drug-likeness (QED) is 0.272. The molecule has 3 aromatic rings. The zero-order chi connectivity index (χ0) is 35.6. The van der Waals surface area contributed by atoms with Crippen LogP contribution in [-0.4, -0.2) is 110 Å². The lowest BCUT2D eigenvalue weighted by molar-refractivity contribution is -0.136. The number of amides is 3. The molecular weight excluding hydrogens is 677 g/mol. The number of hydrogen-bond acceptors (Lipinski definition) is 7. The van der Waals surface area contributed by atoms with Gasteiger partial charge in [-0.2, -0.15) is 0 Å². The molecule has 3 heterocycles. The summed E-state index contributed by atoms with van der Waals surface area (Å²) in [6.45, 7) is 12.7. The lowest BCUT2D eigenvalue weighted by Crippen LogP contribution is -2.61. The lowest BCUT2D eigenvalue weighted by atomic mass is 9.71. The Hall–Kier alpha value is -3.83. The third-order valence-electron chi connectivity index (χ3n) is 10.1. The standard InChI is InChI=1S/C38H45Cl2N5O5/c1-26(2)50-33-24-31(48-5)14-15-32(33)35-41-37(3,27-6-10-29(39)11-7-27)38(4,28-8-12-30(40)13-9-28)45(35)36(47)44-18-16-42(17-19-44)25-34(46)43-20-22-49-23-21-43/h6-15,24,26H,16-23,25H2,1-5H3. The van der Waals surface area contributed by atoms with E-state index in [9.17, 15) is 4.79 Å². The summed E-state index contributed by atoms with van der Waals surface area (Å²) in [5, 5.41) is 1.20. The molecule has 0 aromatic heterocycles. The van der Waals surface area contributed by atoms with Gasteiger partial charge in [-0.25, -0.2) is 4.79 Å². The van der Waals surface area contributed by atoms with Gasteiger partial charge in [0.15, 0.2) is 0 Å². The van der Waals surface area contributed by atoms with Crippen molar-refractivity contribution in [2.24, 2.45) is 4.99 Å². The first-order chi connectivity index (χ1) is 23.9. The van der Waals surface area contributed by atoms with Crippen LogP contribution < -0.4 is 9.47 Å². The fraction of sp³-hybridized carbons (Fsp3) is 0.447. The number of methoxy groups -OCH3 is 1. The van der Waals surface area contributed by atoms with E-state index in [1.807, 2.05) is 95.3 Å². The zero-order valence-corrected chi connectivity index (χ0v) is 30.8. The summed E-state index contributed by atoms with van der Waals surface area (Å²) in [7, 11) is 1.61. The van der Waals surface area contributed by atoms with E-state index in [-0.39, 0.29) is 18.0 Å². The molecule has 0 saturated carbocycles. The Bertz CT molecular complexity index is 1720. The van der Waals surface area contributed by atoms with Gasteiger partial charge < -0.3 is 24.0 Å². The Morgan fingerprint density at radius 1 is 0.840 bits per heavy atom. The number of morpholine rings is 1. The predicted molar refractivity (Wildman–Crippen MR) is 196 cm³/mol. The van der Waals surface area contributed by atoms with E-state index in [2.05, 4.69) is 18.7 Å². The third kappa shape index (κ3) is 6.91. The molecule has 2 unspecified atom stereocenters. The van der Waals surface area contributed by atoms with Gasteiger partial charge in [0.2, 0.25) is 5.91 Å². The van der Waals surface area contributed by atoms with E-state index in [1.54, 1.807) is 7.11 Å². The monoisotopic (exact) mass is 721 g/mol. The fourth-order valence-corrected chi connectivity index (χ4v) is 7.33. The summed E-state index contributed by atoms with van der Waals surface area (Å²) in [6.07, 6.45) is -0.148. The molecule has 10 nitrogen and oxygen atoms in total. The number of amidine groups is 1. The second kappa shape index (κ2) is 14.8. The molecule has 50 heavy (non-hydrogen) atoms. The minimum atomic E-state index is -1.03. The van der Waals surface area contributed by atoms with Crippen molar-refractivity contribution in [2.75, 3.05) is 66.1 Å². The number of nitrogens with zero attached hydrogens (tertiary/aromatic N) is 5. The maximum Gasteiger partial charge on any atom is 0.326 e. The Balaban J connectivity index is 1.43. The van der Waals surface area contributed by atoms with Gasteiger partial charge in [0.25, 0.3) is 0 Å². The minimum Gasteiger partial charge on any atom is -0.497 e. The molecule has 3 amide bonds. The van der Waals surface area contributed by atoms with Crippen LogP contribution in [-0.2, 0) is 20.6 Å². The van der Waals surface area contributed by atoms with Crippen LogP contribution in [0, 0.1) is 0 Å². The Morgan fingerprint density at radius 2 is 1.44 bits per heavy atom. The predicted octanol–water partition coefficient (Wildman–Crippen LogP) is 6.28. The van der Waals surface area contributed by atoms with Crippen LogP contribution in [0.3, 0.4) is 0 Å². The van der Waals surface area contributed by atoms with Gasteiger partial charge in [-0.3, -0.25) is 19.6 Å². The number of rotatable bonds is 8. The molecule has 2 atom stereocenters. The second-order valence-electron chi connectivity index (χ2n) is 13.5. The molecule has 12 heteroatoms. The Labute approximate surface area is 304 Å². The van der Waals surface area contributed by atoms with Gasteiger partial charge in [-0.05, 0) is 75.2 Å². The van der Waals surface area contributed by atoms with Gasteiger partial charge in [-0.1, -0.05) is 47.5 Å². The van der Waals surface area contributed by atoms with E-state index in [0.29, 0.717) is 92.0 Å². The van der Waals surface area contributed by atoms with E-state index in [4.69, 9.17) is 42.4 Å². The topological polar surface area (TPSA) is 87.2 Å². The van der Waals surface area contributed by atoms with Gasteiger partial charge in [0.05, 0.1) is 38.5 Å². The highest BCUT2D eigenvalue weighted by Crippen LogP contribution is 2.54. The molecule has 2 fully saturated rings. The summed E-state index contributed by atoms with van der Waals surface area (Å²) in [4.78, 5) is 41.4. The zero-order valence-electron chi connectivity index (χ0n) is 29.3. The first-order valence-corrected chi connectivity index (χ1v) is 17.8. The molecule has 3 aliphatic rings. The van der Waals surface area contributed by atoms with Crippen LogP contribution in [0.25, 0.3) is 0 Å². The van der Waals surface area contributed by atoms with E-state index < -0.39 is 11.1 Å². The lowest BCUT2D eigenvalue weighted by Gasteiger charge is -2.47. The molecule has 266 valence electrons. The number of carbonyl (C=O) groups excluding carboxylic acids is 2. The van der Waals surface area contributed by atoms with Crippen molar-refractivity contribution in [3.63, 3.8) is 0 Å². The van der Waals surface area contributed by atoms with Crippen LogP contribution in [0.15, 0.2) is 71.7 Å². The molecule has 0 bridgehead atoms. The van der Waals surface area contributed by atoms with Crippen LogP contribution in [0.5, 0.6) is 11.5 Å². The number of urea groups is 1. The summed E-state index contributed by atoms with van der Waals surface area (Å²) in [5.41, 5.74) is 0.411. The van der Waals surface area contributed by atoms with Crippen LogP contribution in [0.1, 0.15) is 44.4 Å². The van der Waals surface area contributed by atoms with Crippen LogP contribution in [0.4, 0.5) is 4.79 Å².